The number of aromatic nitrogens is 2. The Balaban J connectivity index is 1.84. The summed E-state index contributed by atoms with van der Waals surface area (Å²) >= 11 is 6.15. The molecule has 0 aliphatic carbocycles. The van der Waals surface area contributed by atoms with Gasteiger partial charge in [0.2, 0.25) is 11.8 Å². The molecule has 6 nitrogen and oxygen atoms in total. The average Bonchev–Trinajstić information content (AvgIpc) is 2.67. The molecule has 0 bridgehead atoms. The van der Waals surface area contributed by atoms with Gasteiger partial charge in [-0.15, -0.1) is 0 Å². The van der Waals surface area contributed by atoms with E-state index in [1.165, 1.54) is 0 Å². The highest BCUT2D eigenvalue weighted by molar-refractivity contribution is 8.01. The van der Waals surface area contributed by atoms with E-state index in [0.29, 0.717) is 21.2 Å². The number of amides is 2. The maximum Gasteiger partial charge on any atom is 0.247 e. The highest BCUT2D eigenvalue weighted by Crippen LogP contribution is 2.24. The number of H-pyrrole nitrogens is 1. The summed E-state index contributed by atoms with van der Waals surface area (Å²) in [6, 6.07) is 19.7. The van der Waals surface area contributed by atoms with Crippen LogP contribution in [0.3, 0.4) is 0 Å². The summed E-state index contributed by atoms with van der Waals surface area (Å²) in [6.45, 7) is 1.84. The highest BCUT2D eigenvalue weighted by Gasteiger charge is 2.29. The van der Waals surface area contributed by atoms with Crippen LogP contribution in [0.25, 0.3) is 0 Å². The molecular weight excluding hydrogens is 392 g/mol. The quantitative estimate of drug-likeness (QED) is 0.246. The van der Waals surface area contributed by atoms with E-state index in [0.717, 1.165) is 17.5 Å². The second-order valence-corrected chi connectivity index (χ2v) is 7.43. The zero-order valence-electron chi connectivity index (χ0n) is 15.0. The number of anilines is 2. The maximum atomic E-state index is 12.9. The Morgan fingerprint density at radius 3 is 1.93 bits per heavy atom. The Hall–Kier alpha value is -2.97. The third-order valence-corrected chi connectivity index (χ3v) is 4.96. The summed E-state index contributed by atoms with van der Waals surface area (Å²) in [5, 5.41) is 5.00. The Bertz CT molecular complexity index is 970. The highest BCUT2D eigenvalue weighted by atomic mass is 32.2. The molecule has 2 aromatic carbocycles. The van der Waals surface area contributed by atoms with E-state index in [1.54, 1.807) is 30.3 Å². The van der Waals surface area contributed by atoms with Crippen LogP contribution in [0.4, 0.5) is 11.4 Å². The van der Waals surface area contributed by atoms with Gasteiger partial charge in [-0.3, -0.25) is 9.59 Å². The van der Waals surface area contributed by atoms with E-state index in [4.69, 9.17) is 12.2 Å². The Labute approximate surface area is 171 Å². The van der Waals surface area contributed by atoms with Crippen molar-refractivity contribution in [1.82, 2.24) is 9.97 Å². The molecular formula is C20H18N4O2S2. The number of carbonyl (C=O) groups is 2. The number of thioether (sulfide) groups is 1. The van der Waals surface area contributed by atoms with Crippen molar-refractivity contribution in [1.29, 1.82) is 0 Å². The van der Waals surface area contributed by atoms with Gasteiger partial charge < -0.3 is 15.6 Å². The van der Waals surface area contributed by atoms with Gasteiger partial charge in [0, 0.05) is 17.1 Å². The van der Waals surface area contributed by atoms with Crippen LogP contribution >= 0.6 is 24.0 Å². The average molecular weight is 411 g/mol. The molecule has 0 unspecified atom stereocenters. The standard InChI is InChI=1S/C20H18N4O2S2/c1-13-12-16(24-20(27)21-13)28-17(18(25)22-14-8-4-2-5-9-14)19(26)23-15-10-6-3-7-11-15/h2-12,17H,1H3,(H,22,25)(H,23,26)(H,21,24,27). The van der Waals surface area contributed by atoms with Crippen LogP contribution in [0.1, 0.15) is 5.69 Å². The van der Waals surface area contributed by atoms with Crippen LogP contribution < -0.4 is 10.6 Å². The van der Waals surface area contributed by atoms with Crippen molar-refractivity contribution in [2.75, 3.05) is 10.6 Å². The molecule has 3 rings (SSSR count). The third kappa shape index (κ3) is 5.51. The van der Waals surface area contributed by atoms with Crippen LogP contribution in [0.2, 0.25) is 0 Å². The van der Waals surface area contributed by atoms with Crippen molar-refractivity contribution >= 4 is 47.2 Å². The summed E-state index contributed by atoms with van der Waals surface area (Å²) in [7, 11) is 0. The molecule has 8 heteroatoms. The molecule has 0 saturated carbocycles. The monoisotopic (exact) mass is 410 g/mol. The number of nitrogens with one attached hydrogen (secondary N) is 3. The van der Waals surface area contributed by atoms with Gasteiger partial charge in [-0.25, -0.2) is 4.98 Å². The molecule has 0 fully saturated rings. The van der Waals surface area contributed by atoms with Crippen LogP contribution in [-0.2, 0) is 9.59 Å². The minimum absolute atomic E-state index is 0.299. The Morgan fingerprint density at radius 2 is 1.46 bits per heavy atom. The van der Waals surface area contributed by atoms with Gasteiger partial charge in [0.05, 0.1) is 0 Å². The van der Waals surface area contributed by atoms with Crippen molar-refractivity contribution in [3.05, 3.63) is 77.2 Å². The first-order valence-electron chi connectivity index (χ1n) is 8.48. The van der Waals surface area contributed by atoms with Crippen molar-refractivity contribution in [2.24, 2.45) is 0 Å². The second kappa shape index (κ2) is 9.29. The fourth-order valence-electron chi connectivity index (χ4n) is 2.42. The number of hydrogen-bond donors (Lipinski definition) is 3. The lowest BCUT2D eigenvalue weighted by atomic mass is 10.2. The molecule has 1 aromatic heterocycles. The molecule has 0 radical (unpaired) electrons. The topological polar surface area (TPSA) is 86.9 Å². The smallest absolute Gasteiger partial charge is 0.247 e. The number of nitrogens with zero attached hydrogens (tertiary/aromatic N) is 1. The summed E-state index contributed by atoms with van der Waals surface area (Å²) < 4.78 is 0.299. The molecule has 0 spiro atoms. The van der Waals surface area contributed by atoms with Gasteiger partial charge in [-0.05, 0) is 49.5 Å². The zero-order valence-corrected chi connectivity index (χ0v) is 16.6. The fourth-order valence-corrected chi connectivity index (χ4v) is 3.70. The van der Waals surface area contributed by atoms with Gasteiger partial charge in [-0.1, -0.05) is 48.2 Å². The summed E-state index contributed by atoms with van der Waals surface area (Å²) in [5.41, 5.74) is 2.02. The molecule has 2 amide bonds. The van der Waals surface area contributed by atoms with E-state index in [9.17, 15) is 9.59 Å². The number of rotatable bonds is 6. The summed E-state index contributed by atoms with van der Waals surface area (Å²) in [4.78, 5) is 32.9. The fraction of sp³-hybridized carbons (Fsp3) is 0.100. The number of aryl methyl sites for hydroxylation is 1. The van der Waals surface area contributed by atoms with E-state index < -0.39 is 17.1 Å². The lowest BCUT2D eigenvalue weighted by molar-refractivity contribution is -0.123. The Kier molecular flexibility index (Phi) is 6.57. The largest absolute Gasteiger partial charge is 0.335 e. The minimum atomic E-state index is -1.05. The summed E-state index contributed by atoms with van der Waals surface area (Å²) in [6.07, 6.45) is 0. The molecule has 142 valence electrons. The van der Waals surface area contributed by atoms with Gasteiger partial charge in [0.25, 0.3) is 0 Å². The van der Waals surface area contributed by atoms with E-state index >= 15 is 0 Å². The van der Waals surface area contributed by atoms with Gasteiger partial charge in [0.15, 0.2) is 10.0 Å². The van der Waals surface area contributed by atoms with Crippen molar-refractivity contribution in [2.45, 2.75) is 17.2 Å². The molecule has 0 atom stereocenters. The van der Waals surface area contributed by atoms with E-state index in [2.05, 4.69) is 20.6 Å². The molecule has 0 aliphatic heterocycles. The Morgan fingerprint density at radius 1 is 0.964 bits per heavy atom. The zero-order chi connectivity index (χ0) is 19.9. The number of hydrogen-bond acceptors (Lipinski definition) is 5. The van der Waals surface area contributed by atoms with Crippen LogP contribution in [0.5, 0.6) is 0 Å². The molecule has 0 saturated heterocycles. The first kappa shape index (κ1) is 19.8. The number of benzene rings is 2. The van der Waals surface area contributed by atoms with E-state index in [1.807, 2.05) is 43.3 Å². The summed E-state index contributed by atoms with van der Waals surface area (Å²) in [5.74, 6) is -0.884. The molecule has 3 aromatic rings. The minimum Gasteiger partial charge on any atom is -0.335 e. The van der Waals surface area contributed by atoms with Crippen molar-refractivity contribution in [3.8, 4) is 0 Å². The lowest BCUT2D eigenvalue weighted by Crippen LogP contribution is -2.36. The molecule has 0 aliphatic rings. The van der Waals surface area contributed by atoms with Gasteiger partial charge in [-0.2, -0.15) is 0 Å². The molecule has 28 heavy (non-hydrogen) atoms. The van der Waals surface area contributed by atoms with Crippen LogP contribution in [-0.4, -0.2) is 27.0 Å². The van der Waals surface area contributed by atoms with Crippen LogP contribution in [0, 0.1) is 11.7 Å². The second-order valence-electron chi connectivity index (χ2n) is 5.92. The van der Waals surface area contributed by atoms with Gasteiger partial charge >= 0.3 is 0 Å². The number of para-hydroxylation sites is 2. The van der Waals surface area contributed by atoms with Crippen molar-refractivity contribution < 1.29 is 9.59 Å². The lowest BCUT2D eigenvalue weighted by Gasteiger charge is -2.16. The first-order valence-corrected chi connectivity index (χ1v) is 9.76. The predicted octanol–water partition coefficient (Wildman–Crippen LogP) is 4.19. The van der Waals surface area contributed by atoms with Gasteiger partial charge in [0.1, 0.15) is 5.03 Å². The number of carbonyl (C=O) groups excluding carboxylic acids is 2. The normalized spacial score (nSPS) is 10.5. The SMILES string of the molecule is Cc1cc(SC(C(=O)Nc2ccccc2)C(=O)Nc2ccccc2)nc(=S)[nH]1. The van der Waals surface area contributed by atoms with Crippen LogP contribution in [0.15, 0.2) is 71.8 Å². The number of aromatic amines is 1. The maximum absolute atomic E-state index is 12.9. The third-order valence-electron chi connectivity index (χ3n) is 3.65. The predicted molar refractivity (Wildman–Crippen MR) is 114 cm³/mol. The molecule has 1 heterocycles. The molecule has 3 N–H and O–H groups in total. The first-order chi connectivity index (χ1) is 13.5. The van der Waals surface area contributed by atoms with Crippen molar-refractivity contribution in [3.63, 3.8) is 0 Å². The van der Waals surface area contributed by atoms with E-state index in [-0.39, 0.29) is 0 Å².